The van der Waals surface area contributed by atoms with E-state index in [1.54, 1.807) is 11.3 Å². The van der Waals surface area contributed by atoms with Crippen LogP contribution in [-0.4, -0.2) is 6.61 Å². The van der Waals surface area contributed by atoms with Crippen LogP contribution in [0.3, 0.4) is 0 Å². The minimum Gasteiger partial charge on any atom is -0.494 e. The van der Waals surface area contributed by atoms with E-state index >= 15 is 0 Å². The van der Waals surface area contributed by atoms with Gasteiger partial charge >= 0.3 is 0 Å². The van der Waals surface area contributed by atoms with Gasteiger partial charge in [0.2, 0.25) is 0 Å². The second-order valence-corrected chi connectivity index (χ2v) is 6.12. The first-order valence-electron chi connectivity index (χ1n) is 6.41. The van der Waals surface area contributed by atoms with Crippen LogP contribution < -0.4 is 10.5 Å². The molecular formula is C15H18BrNOS. The first kappa shape index (κ1) is 14.6. The molecule has 0 saturated heterocycles. The average Bonchev–Trinajstić information content (AvgIpc) is 2.88. The van der Waals surface area contributed by atoms with Crippen molar-refractivity contribution in [3.05, 3.63) is 50.1 Å². The van der Waals surface area contributed by atoms with E-state index < -0.39 is 0 Å². The lowest BCUT2D eigenvalue weighted by Crippen LogP contribution is -2.13. The van der Waals surface area contributed by atoms with Crippen molar-refractivity contribution in [2.45, 2.75) is 26.3 Å². The zero-order valence-corrected chi connectivity index (χ0v) is 13.6. The largest absolute Gasteiger partial charge is 0.494 e. The molecule has 0 spiro atoms. The van der Waals surface area contributed by atoms with E-state index in [4.69, 9.17) is 10.5 Å². The van der Waals surface area contributed by atoms with Crippen LogP contribution in [0.4, 0.5) is 0 Å². The lowest BCUT2D eigenvalue weighted by molar-refractivity contribution is 0.335. The molecule has 0 aliphatic heterocycles. The Balaban J connectivity index is 2.42. The molecule has 1 atom stereocenters. The fourth-order valence-electron chi connectivity index (χ4n) is 2.10. The molecule has 0 saturated carbocycles. The Morgan fingerprint density at radius 1 is 1.32 bits per heavy atom. The predicted octanol–water partition coefficient (Wildman–Crippen LogP) is 4.52. The number of halogens is 1. The van der Waals surface area contributed by atoms with Gasteiger partial charge in [-0.25, -0.2) is 0 Å². The summed E-state index contributed by atoms with van der Waals surface area (Å²) in [6.45, 7) is 4.79. The first-order chi connectivity index (χ1) is 9.17. The minimum absolute atomic E-state index is 0.131. The summed E-state index contributed by atoms with van der Waals surface area (Å²) in [6.07, 6.45) is 1.00. The Labute approximate surface area is 126 Å². The molecular weight excluding hydrogens is 322 g/mol. The second kappa shape index (κ2) is 6.55. The average molecular weight is 340 g/mol. The van der Waals surface area contributed by atoms with Gasteiger partial charge in [0.05, 0.1) is 12.6 Å². The molecule has 102 valence electrons. The van der Waals surface area contributed by atoms with Gasteiger partial charge in [-0.1, -0.05) is 22.9 Å². The van der Waals surface area contributed by atoms with Crippen molar-refractivity contribution in [1.29, 1.82) is 0 Å². The lowest BCUT2D eigenvalue weighted by Gasteiger charge is -2.17. The monoisotopic (exact) mass is 339 g/mol. The summed E-state index contributed by atoms with van der Waals surface area (Å²) in [4.78, 5) is 1.22. The van der Waals surface area contributed by atoms with Gasteiger partial charge in [0.1, 0.15) is 5.75 Å². The Hall–Kier alpha value is -0.840. The molecule has 1 aromatic carbocycles. The molecule has 1 aromatic heterocycles. The van der Waals surface area contributed by atoms with Crippen LogP contribution in [0, 0.1) is 0 Å². The molecule has 0 aliphatic rings. The molecule has 1 unspecified atom stereocenters. The molecule has 19 heavy (non-hydrogen) atoms. The minimum atomic E-state index is -0.131. The van der Waals surface area contributed by atoms with Crippen LogP contribution in [0.5, 0.6) is 5.75 Å². The molecule has 2 aromatic rings. The van der Waals surface area contributed by atoms with Crippen LogP contribution in [0.25, 0.3) is 0 Å². The molecule has 0 bridgehead atoms. The van der Waals surface area contributed by atoms with Crippen molar-refractivity contribution >= 4 is 27.3 Å². The molecule has 0 radical (unpaired) electrons. The second-order valence-electron chi connectivity index (χ2n) is 4.26. The zero-order chi connectivity index (χ0) is 13.8. The number of rotatable bonds is 5. The first-order valence-corrected chi connectivity index (χ1v) is 8.08. The Bertz CT molecular complexity index is 553. The standard InChI is InChI=1S/C15H18BrNOS/c1-3-10-7-8-19-15(10)14(17)12-9-11(16)5-6-13(12)18-4-2/h5-9,14H,3-4,17H2,1-2H3. The van der Waals surface area contributed by atoms with Crippen molar-refractivity contribution < 1.29 is 4.74 Å². The van der Waals surface area contributed by atoms with Gasteiger partial charge in [-0.2, -0.15) is 0 Å². The number of hydrogen-bond acceptors (Lipinski definition) is 3. The molecule has 1 heterocycles. The Morgan fingerprint density at radius 2 is 2.11 bits per heavy atom. The van der Waals surface area contributed by atoms with E-state index in [-0.39, 0.29) is 6.04 Å². The smallest absolute Gasteiger partial charge is 0.124 e. The van der Waals surface area contributed by atoms with Crippen molar-refractivity contribution in [2.75, 3.05) is 6.61 Å². The molecule has 2 nitrogen and oxygen atoms in total. The summed E-state index contributed by atoms with van der Waals surface area (Å²) >= 11 is 5.22. The van der Waals surface area contributed by atoms with Gasteiger partial charge in [0.15, 0.2) is 0 Å². The quantitative estimate of drug-likeness (QED) is 0.869. The maximum atomic E-state index is 6.45. The number of thiophene rings is 1. The van der Waals surface area contributed by atoms with E-state index in [9.17, 15) is 0 Å². The number of nitrogens with two attached hydrogens (primary N) is 1. The molecule has 4 heteroatoms. The number of hydrogen-bond donors (Lipinski definition) is 1. The van der Waals surface area contributed by atoms with Gasteiger partial charge in [-0.15, -0.1) is 11.3 Å². The third-order valence-corrected chi connectivity index (χ3v) is 4.59. The van der Waals surface area contributed by atoms with E-state index in [2.05, 4.69) is 40.4 Å². The lowest BCUT2D eigenvalue weighted by atomic mass is 10.0. The summed E-state index contributed by atoms with van der Waals surface area (Å²) < 4.78 is 6.71. The van der Waals surface area contributed by atoms with Gasteiger partial charge < -0.3 is 10.5 Å². The summed E-state index contributed by atoms with van der Waals surface area (Å²) in [5.41, 5.74) is 8.80. The highest BCUT2D eigenvalue weighted by molar-refractivity contribution is 9.10. The fraction of sp³-hybridized carbons (Fsp3) is 0.333. The number of benzene rings is 1. The van der Waals surface area contributed by atoms with Crippen LogP contribution in [0.1, 0.15) is 35.9 Å². The van der Waals surface area contributed by atoms with E-state index in [1.165, 1.54) is 10.4 Å². The van der Waals surface area contributed by atoms with E-state index in [0.717, 1.165) is 22.2 Å². The molecule has 0 amide bonds. The topological polar surface area (TPSA) is 35.2 Å². The summed E-state index contributed by atoms with van der Waals surface area (Å²) in [5, 5.41) is 2.10. The SMILES string of the molecule is CCOc1ccc(Br)cc1C(N)c1sccc1CC. The maximum absolute atomic E-state index is 6.45. The van der Waals surface area contributed by atoms with Crippen molar-refractivity contribution in [3.8, 4) is 5.75 Å². The van der Waals surface area contributed by atoms with Crippen LogP contribution >= 0.6 is 27.3 Å². The van der Waals surface area contributed by atoms with Crippen molar-refractivity contribution in [1.82, 2.24) is 0 Å². The highest BCUT2D eigenvalue weighted by Crippen LogP contribution is 2.35. The van der Waals surface area contributed by atoms with Gasteiger partial charge in [0.25, 0.3) is 0 Å². The zero-order valence-electron chi connectivity index (χ0n) is 11.2. The van der Waals surface area contributed by atoms with Gasteiger partial charge in [0, 0.05) is 14.9 Å². The highest BCUT2D eigenvalue weighted by atomic mass is 79.9. The van der Waals surface area contributed by atoms with Gasteiger partial charge in [-0.3, -0.25) is 0 Å². The van der Waals surface area contributed by atoms with E-state index in [1.807, 2.05) is 19.1 Å². The Morgan fingerprint density at radius 3 is 2.79 bits per heavy atom. The number of ether oxygens (including phenoxy) is 1. The summed E-state index contributed by atoms with van der Waals surface area (Å²) in [7, 11) is 0. The highest BCUT2D eigenvalue weighted by Gasteiger charge is 2.18. The normalized spacial score (nSPS) is 12.4. The third-order valence-electron chi connectivity index (χ3n) is 3.05. The van der Waals surface area contributed by atoms with Crippen LogP contribution in [0.15, 0.2) is 34.1 Å². The molecule has 2 N–H and O–H groups in total. The maximum Gasteiger partial charge on any atom is 0.124 e. The summed E-state index contributed by atoms with van der Waals surface area (Å²) in [5.74, 6) is 0.869. The van der Waals surface area contributed by atoms with Gasteiger partial charge in [-0.05, 0) is 48.6 Å². The third kappa shape index (κ3) is 3.19. The fourth-order valence-corrected chi connectivity index (χ4v) is 3.50. The predicted molar refractivity (Wildman–Crippen MR) is 85.0 cm³/mol. The van der Waals surface area contributed by atoms with E-state index in [0.29, 0.717) is 6.61 Å². The molecule has 0 aliphatic carbocycles. The summed E-state index contributed by atoms with van der Waals surface area (Å²) in [6, 6.07) is 8.03. The number of aryl methyl sites for hydroxylation is 1. The molecule has 2 rings (SSSR count). The van der Waals surface area contributed by atoms with Crippen LogP contribution in [-0.2, 0) is 6.42 Å². The van der Waals surface area contributed by atoms with Crippen molar-refractivity contribution in [3.63, 3.8) is 0 Å². The van der Waals surface area contributed by atoms with Crippen LogP contribution in [0.2, 0.25) is 0 Å². The Kier molecular flexibility index (Phi) is 5.02. The van der Waals surface area contributed by atoms with Crippen molar-refractivity contribution in [2.24, 2.45) is 5.73 Å². The molecule has 0 fully saturated rings.